The quantitative estimate of drug-likeness (QED) is 0.183. The molecule has 0 spiro atoms. The summed E-state index contributed by atoms with van der Waals surface area (Å²) < 4.78 is 2.70. The van der Waals surface area contributed by atoms with Crippen LogP contribution in [-0.4, -0.2) is 19.5 Å². The van der Waals surface area contributed by atoms with E-state index in [0.717, 1.165) is 10.9 Å². The van der Waals surface area contributed by atoms with Crippen molar-refractivity contribution in [1.82, 2.24) is 19.5 Å². The van der Waals surface area contributed by atoms with Crippen molar-refractivity contribution < 1.29 is 0 Å². The second-order valence-corrected chi connectivity index (χ2v) is 9.11. The fourth-order valence-corrected chi connectivity index (χ4v) is 5.47. The lowest BCUT2D eigenvalue weighted by atomic mass is 10.2. The van der Waals surface area contributed by atoms with E-state index in [-0.39, 0.29) is 5.56 Å². The van der Waals surface area contributed by atoms with Gasteiger partial charge in [0, 0.05) is 21.7 Å². The van der Waals surface area contributed by atoms with E-state index < -0.39 is 0 Å². The van der Waals surface area contributed by atoms with Crippen LogP contribution in [0, 0.1) is 0 Å². The van der Waals surface area contributed by atoms with Crippen molar-refractivity contribution in [2.45, 2.75) is 10.9 Å². The van der Waals surface area contributed by atoms with E-state index >= 15 is 0 Å². The highest BCUT2D eigenvalue weighted by Crippen LogP contribution is 2.33. The molecule has 0 fully saturated rings. The van der Waals surface area contributed by atoms with E-state index in [4.69, 9.17) is 28.2 Å². The molecule has 9 heteroatoms. The summed E-state index contributed by atoms with van der Waals surface area (Å²) in [4.78, 5) is 26.3. The first-order valence-corrected chi connectivity index (χ1v) is 11.5. The maximum Gasteiger partial charge on any atom is 0.285 e. The standard InChI is InChI=1S/C21H12Cl2N4OS2/c22-13-3-5-17-15(8-13)12(10-29-17)11-30-21-26-16-2-1-7-24-19(16)20(28)27(21)14-4-6-18(23)25-9-14/h1-10H,11H2. The van der Waals surface area contributed by atoms with Gasteiger partial charge in [-0.1, -0.05) is 35.0 Å². The fraction of sp³-hybridized carbons (Fsp3) is 0.0476. The summed E-state index contributed by atoms with van der Waals surface area (Å²) in [5.41, 5.74) is 2.35. The number of halogens is 2. The number of pyridine rings is 2. The average molecular weight is 471 g/mol. The first-order valence-electron chi connectivity index (χ1n) is 8.88. The summed E-state index contributed by atoms with van der Waals surface area (Å²) in [7, 11) is 0. The van der Waals surface area contributed by atoms with Gasteiger partial charge in [-0.15, -0.1) is 11.3 Å². The lowest BCUT2D eigenvalue weighted by molar-refractivity contribution is 0.811. The monoisotopic (exact) mass is 470 g/mol. The van der Waals surface area contributed by atoms with Gasteiger partial charge in [-0.05, 0) is 58.8 Å². The largest absolute Gasteiger partial charge is 0.285 e. The number of hydrogen-bond acceptors (Lipinski definition) is 6. The molecule has 0 atom stereocenters. The Morgan fingerprint density at radius 3 is 2.83 bits per heavy atom. The molecule has 4 heterocycles. The van der Waals surface area contributed by atoms with Crippen molar-refractivity contribution in [2.75, 3.05) is 0 Å². The molecule has 5 aromatic rings. The number of aromatic nitrogens is 4. The Labute approximate surface area is 189 Å². The number of thiophene rings is 1. The highest BCUT2D eigenvalue weighted by molar-refractivity contribution is 7.98. The van der Waals surface area contributed by atoms with Crippen LogP contribution in [0.1, 0.15) is 5.56 Å². The van der Waals surface area contributed by atoms with Crippen molar-refractivity contribution in [3.8, 4) is 5.69 Å². The fourth-order valence-electron chi connectivity index (χ4n) is 3.13. The summed E-state index contributed by atoms with van der Waals surface area (Å²) in [6, 6.07) is 12.8. The summed E-state index contributed by atoms with van der Waals surface area (Å²) >= 11 is 15.3. The van der Waals surface area contributed by atoms with Gasteiger partial charge in [-0.25, -0.2) is 15.0 Å². The molecule has 0 N–H and O–H groups in total. The van der Waals surface area contributed by atoms with Crippen LogP contribution in [0.3, 0.4) is 0 Å². The van der Waals surface area contributed by atoms with Crippen LogP contribution in [0.4, 0.5) is 0 Å². The van der Waals surface area contributed by atoms with Gasteiger partial charge >= 0.3 is 0 Å². The SMILES string of the molecule is O=c1c2ncccc2nc(SCc2csc3ccc(Cl)cc23)n1-c1ccc(Cl)nc1. The van der Waals surface area contributed by atoms with Gasteiger partial charge < -0.3 is 0 Å². The molecule has 0 radical (unpaired) electrons. The number of hydrogen-bond donors (Lipinski definition) is 0. The van der Waals surface area contributed by atoms with Gasteiger partial charge in [0.05, 0.1) is 17.4 Å². The molecule has 0 saturated heterocycles. The summed E-state index contributed by atoms with van der Waals surface area (Å²) in [6.45, 7) is 0. The Bertz CT molecular complexity index is 1450. The van der Waals surface area contributed by atoms with E-state index in [9.17, 15) is 4.79 Å². The van der Waals surface area contributed by atoms with Crippen molar-refractivity contribution in [3.63, 3.8) is 0 Å². The minimum absolute atomic E-state index is 0.245. The molecule has 0 unspecified atom stereocenters. The molecule has 0 aliphatic carbocycles. The lowest BCUT2D eigenvalue weighted by Gasteiger charge is -2.12. The van der Waals surface area contributed by atoms with Gasteiger partial charge in [0.25, 0.3) is 5.56 Å². The Balaban J connectivity index is 1.62. The zero-order chi connectivity index (χ0) is 20.7. The second-order valence-electron chi connectivity index (χ2n) is 6.44. The van der Waals surface area contributed by atoms with Crippen molar-refractivity contribution in [2.24, 2.45) is 0 Å². The summed E-state index contributed by atoms with van der Waals surface area (Å²) in [5.74, 6) is 0.638. The molecule has 1 aromatic carbocycles. The number of benzene rings is 1. The Morgan fingerprint density at radius 1 is 1.10 bits per heavy atom. The topological polar surface area (TPSA) is 60.7 Å². The number of nitrogens with zero attached hydrogens (tertiary/aromatic N) is 4. The Morgan fingerprint density at radius 2 is 2.00 bits per heavy atom. The average Bonchev–Trinajstić information content (AvgIpc) is 3.15. The lowest BCUT2D eigenvalue weighted by Crippen LogP contribution is -2.22. The minimum Gasteiger partial charge on any atom is -0.266 e. The van der Waals surface area contributed by atoms with E-state index in [1.807, 2.05) is 18.2 Å². The molecule has 148 valence electrons. The molecule has 5 nitrogen and oxygen atoms in total. The first-order chi connectivity index (χ1) is 14.6. The third-order valence-electron chi connectivity index (χ3n) is 4.54. The van der Waals surface area contributed by atoms with Gasteiger partial charge in [0.2, 0.25) is 0 Å². The molecule has 0 amide bonds. The van der Waals surface area contributed by atoms with Gasteiger partial charge in [-0.3, -0.25) is 9.36 Å². The molecule has 0 bridgehead atoms. The van der Waals surface area contributed by atoms with Crippen LogP contribution in [0.2, 0.25) is 10.2 Å². The minimum atomic E-state index is -0.245. The van der Waals surface area contributed by atoms with Crippen molar-refractivity contribution >= 4 is 67.4 Å². The number of thioether (sulfide) groups is 1. The zero-order valence-corrected chi connectivity index (χ0v) is 18.4. The zero-order valence-electron chi connectivity index (χ0n) is 15.3. The van der Waals surface area contributed by atoms with Gasteiger partial charge in [-0.2, -0.15) is 0 Å². The van der Waals surface area contributed by atoms with E-state index in [2.05, 4.69) is 15.3 Å². The third-order valence-corrected chi connectivity index (χ3v) is 7.00. The molecule has 0 aliphatic rings. The molecule has 4 aromatic heterocycles. The molecule has 30 heavy (non-hydrogen) atoms. The molecule has 5 rings (SSSR count). The summed E-state index contributed by atoms with van der Waals surface area (Å²) in [5, 5.41) is 4.85. The van der Waals surface area contributed by atoms with Crippen molar-refractivity contribution in [3.05, 3.63) is 86.3 Å². The van der Waals surface area contributed by atoms with Crippen LogP contribution in [0.5, 0.6) is 0 Å². The molecular weight excluding hydrogens is 459 g/mol. The predicted molar refractivity (Wildman–Crippen MR) is 124 cm³/mol. The second kappa shape index (κ2) is 8.00. The molecule has 0 saturated carbocycles. The molecule has 0 aliphatic heterocycles. The van der Waals surface area contributed by atoms with Crippen molar-refractivity contribution in [1.29, 1.82) is 0 Å². The molecular formula is C21H12Cl2N4OS2. The van der Waals surface area contributed by atoms with E-state index in [1.165, 1.54) is 21.0 Å². The highest BCUT2D eigenvalue weighted by Gasteiger charge is 2.15. The Hall–Kier alpha value is -2.45. The van der Waals surface area contributed by atoms with Crippen LogP contribution in [0.25, 0.3) is 26.8 Å². The normalized spacial score (nSPS) is 11.4. The first kappa shape index (κ1) is 19.5. The predicted octanol–water partition coefficient (Wildman–Crippen LogP) is 5.99. The van der Waals surface area contributed by atoms with E-state index in [0.29, 0.717) is 37.8 Å². The number of fused-ring (bicyclic) bond motifs is 2. The van der Waals surface area contributed by atoms with Crippen LogP contribution in [-0.2, 0) is 5.75 Å². The van der Waals surface area contributed by atoms with Crippen LogP contribution in [0.15, 0.2) is 70.2 Å². The summed E-state index contributed by atoms with van der Waals surface area (Å²) in [6.07, 6.45) is 3.15. The van der Waals surface area contributed by atoms with Crippen LogP contribution < -0.4 is 5.56 Å². The Kier molecular flexibility index (Phi) is 5.20. The van der Waals surface area contributed by atoms with Gasteiger partial charge in [0.1, 0.15) is 5.15 Å². The highest BCUT2D eigenvalue weighted by atomic mass is 35.5. The smallest absolute Gasteiger partial charge is 0.266 e. The van der Waals surface area contributed by atoms with Crippen LogP contribution >= 0.6 is 46.3 Å². The maximum absolute atomic E-state index is 13.2. The third kappa shape index (κ3) is 3.58. The van der Waals surface area contributed by atoms with Gasteiger partial charge in [0.15, 0.2) is 10.7 Å². The maximum atomic E-state index is 13.2. The van der Waals surface area contributed by atoms with E-state index in [1.54, 1.807) is 48.0 Å². The number of rotatable bonds is 4.